The zero-order valence-electron chi connectivity index (χ0n) is 23.1. The third-order valence-electron chi connectivity index (χ3n) is 6.81. The van der Waals surface area contributed by atoms with E-state index in [9.17, 15) is 5.11 Å². The zero-order chi connectivity index (χ0) is 27.4. The lowest BCUT2D eigenvalue weighted by Gasteiger charge is -2.44. The molecular weight excluding hydrogens is 492 g/mol. The highest BCUT2D eigenvalue weighted by molar-refractivity contribution is 6.99. The van der Waals surface area contributed by atoms with E-state index < -0.39 is 14.4 Å². The van der Waals surface area contributed by atoms with Crippen LogP contribution in [0.25, 0.3) is 0 Å². The number of hydrogen-bond donors (Lipinski definition) is 1. The van der Waals surface area contributed by atoms with Crippen LogP contribution in [0.5, 0.6) is 5.75 Å². The molecule has 0 aliphatic carbocycles. The molecule has 3 rings (SSSR count). The molecule has 38 heavy (non-hydrogen) atoms. The SMILES string of the molecule is C=CC[C@@H](O)[C@H](COCOCc1ccc(OC)cc1)CO[Si](c1ccccc1)(c1ccccc1)C(C)(C)C. The Morgan fingerprint density at radius 3 is 1.92 bits per heavy atom. The molecule has 0 saturated heterocycles. The van der Waals surface area contributed by atoms with Crippen LogP contribution in [0.1, 0.15) is 32.8 Å². The van der Waals surface area contributed by atoms with Crippen LogP contribution in [0.2, 0.25) is 5.04 Å². The molecule has 3 aromatic rings. The van der Waals surface area contributed by atoms with E-state index in [1.54, 1.807) is 13.2 Å². The fourth-order valence-corrected chi connectivity index (χ4v) is 9.39. The van der Waals surface area contributed by atoms with Crippen molar-refractivity contribution >= 4 is 18.7 Å². The maximum atomic E-state index is 11.0. The highest BCUT2D eigenvalue weighted by Crippen LogP contribution is 2.37. The van der Waals surface area contributed by atoms with Crippen molar-refractivity contribution in [3.8, 4) is 5.75 Å². The van der Waals surface area contributed by atoms with Gasteiger partial charge in [0.2, 0.25) is 0 Å². The highest BCUT2D eigenvalue weighted by atomic mass is 28.4. The maximum absolute atomic E-state index is 11.0. The molecule has 0 spiro atoms. The van der Waals surface area contributed by atoms with Gasteiger partial charge < -0.3 is 23.7 Å². The normalized spacial score (nSPS) is 13.6. The predicted molar refractivity (Wildman–Crippen MR) is 156 cm³/mol. The number of methoxy groups -OCH3 is 1. The van der Waals surface area contributed by atoms with Crippen LogP contribution >= 0.6 is 0 Å². The van der Waals surface area contributed by atoms with Gasteiger partial charge in [0.1, 0.15) is 12.5 Å². The monoisotopic (exact) mass is 534 g/mol. The van der Waals surface area contributed by atoms with Crippen molar-refractivity contribution in [3.63, 3.8) is 0 Å². The highest BCUT2D eigenvalue weighted by Gasteiger charge is 2.50. The summed E-state index contributed by atoms with van der Waals surface area (Å²) in [6.45, 7) is 11.8. The third-order valence-corrected chi connectivity index (χ3v) is 11.8. The molecule has 3 aromatic carbocycles. The zero-order valence-corrected chi connectivity index (χ0v) is 24.1. The van der Waals surface area contributed by atoms with Gasteiger partial charge in [0.05, 0.1) is 26.4 Å². The summed E-state index contributed by atoms with van der Waals surface area (Å²) in [6, 6.07) is 28.8. The van der Waals surface area contributed by atoms with Gasteiger partial charge in [-0.15, -0.1) is 6.58 Å². The molecule has 5 nitrogen and oxygen atoms in total. The summed E-state index contributed by atoms with van der Waals surface area (Å²) in [6.07, 6.45) is 1.57. The molecule has 0 aliphatic heterocycles. The van der Waals surface area contributed by atoms with Crippen molar-refractivity contribution in [3.05, 3.63) is 103 Å². The lowest BCUT2D eigenvalue weighted by atomic mass is 10.0. The van der Waals surface area contributed by atoms with E-state index in [1.165, 1.54) is 10.4 Å². The Bertz CT molecular complexity index is 1040. The van der Waals surface area contributed by atoms with Crippen molar-refractivity contribution in [2.75, 3.05) is 27.1 Å². The molecular formula is C32H42O5Si. The topological polar surface area (TPSA) is 57.2 Å². The Hall–Kier alpha value is -2.74. The van der Waals surface area contributed by atoms with Crippen LogP contribution in [-0.4, -0.2) is 46.6 Å². The van der Waals surface area contributed by atoms with Crippen LogP contribution < -0.4 is 15.1 Å². The fourth-order valence-electron chi connectivity index (χ4n) is 4.77. The Morgan fingerprint density at radius 1 is 0.842 bits per heavy atom. The van der Waals surface area contributed by atoms with Gasteiger partial charge in [0.25, 0.3) is 8.32 Å². The largest absolute Gasteiger partial charge is 0.497 e. The van der Waals surface area contributed by atoms with Gasteiger partial charge in [0.15, 0.2) is 0 Å². The van der Waals surface area contributed by atoms with Crippen molar-refractivity contribution < 1.29 is 23.7 Å². The molecule has 0 aliphatic rings. The number of rotatable bonds is 15. The molecule has 0 saturated carbocycles. The molecule has 0 unspecified atom stereocenters. The second-order valence-corrected chi connectivity index (χ2v) is 14.8. The molecule has 0 aromatic heterocycles. The fraction of sp³-hybridized carbons (Fsp3) is 0.375. The summed E-state index contributed by atoms with van der Waals surface area (Å²) < 4.78 is 23.9. The summed E-state index contributed by atoms with van der Waals surface area (Å²) in [5.74, 6) is 0.573. The lowest BCUT2D eigenvalue weighted by Crippen LogP contribution is -2.67. The van der Waals surface area contributed by atoms with Gasteiger partial charge in [-0.2, -0.15) is 0 Å². The summed E-state index contributed by atoms with van der Waals surface area (Å²) in [4.78, 5) is 0. The molecule has 6 heteroatoms. The number of aliphatic hydroxyl groups is 1. The van der Waals surface area contributed by atoms with Crippen LogP contribution in [0, 0.1) is 5.92 Å². The molecule has 204 valence electrons. The first-order valence-electron chi connectivity index (χ1n) is 13.1. The smallest absolute Gasteiger partial charge is 0.261 e. The molecule has 0 heterocycles. The van der Waals surface area contributed by atoms with Crippen molar-refractivity contribution in [2.24, 2.45) is 5.92 Å². The number of aliphatic hydroxyl groups excluding tert-OH is 1. The van der Waals surface area contributed by atoms with E-state index in [2.05, 4.69) is 75.9 Å². The molecule has 1 N–H and O–H groups in total. The van der Waals surface area contributed by atoms with Crippen LogP contribution in [0.15, 0.2) is 97.6 Å². The van der Waals surface area contributed by atoms with E-state index in [4.69, 9.17) is 18.6 Å². The van der Waals surface area contributed by atoms with Crippen LogP contribution in [-0.2, 0) is 20.5 Å². The molecule has 2 atom stereocenters. The molecule has 0 fully saturated rings. The second-order valence-electron chi connectivity index (χ2n) is 10.5. The average Bonchev–Trinajstić information content (AvgIpc) is 2.93. The first-order chi connectivity index (χ1) is 18.3. The van der Waals surface area contributed by atoms with Gasteiger partial charge >= 0.3 is 0 Å². The minimum absolute atomic E-state index is 0.128. The number of hydrogen-bond acceptors (Lipinski definition) is 5. The van der Waals surface area contributed by atoms with E-state index in [1.807, 2.05) is 36.4 Å². The second kappa shape index (κ2) is 14.4. The van der Waals surface area contributed by atoms with Gasteiger partial charge in [-0.05, 0) is 39.5 Å². The molecule has 0 bridgehead atoms. The summed E-state index contributed by atoms with van der Waals surface area (Å²) in [5.41, 5.74) is 1.03. The Morgan fingerprint density at radius 2 is 1.42 bits per heavy atom. The Balaban J connectivity index is 1.73. The number of benzene rings is 3. The van der Waals surface area contributed by atoms with Gasteiger partial charge in [0, 0.05) is 12.5 Å². The summed E-state index contributed by atoms with van der Waals surface area (Å²) in [5, 5.41) is 13.2. The van der Waals surface area contributed by atoms with E-state index >= 15 is 0 Å². The maximum Gasteiger partial charge on any atom is 0.261 e. The summed E-state index contributed by atoms with van der Waals surface area (Å²) >= 11 is 0. The summed E-state index contributed by atoms with van der Waals surface area (Å²) in [7, 11) is -1.07. The lowest BCUT2D eigenvalue weighted by molar-refractivity contribution is -0.0888. The van der Waals surface area contributed by atoms with E-state index in [0.717, 1.165) is 11.3 Å². The van der Waals surface area contributed by atoms with Gasteiger partial charge in [-0.1, -0.05) is 99.6 Å². The standard InChI is InChI=1S/C32H42O5Si/c1-6-13-31(33)27(23-36-25-35-22-26-18-20-28(34-5)21-19-26)24-37-38(32(2,3)4,29-14-9-7-10-15-29)30-16-11-8-12-17-30/h6-12,14-21,27,31,33H,1,13,22-25H2,2-5H3/t27-,31-/m1/s1. The predicted octanol–water partition coefficient (Wildman–Crippen LogP) is 5.32. The molecule has 0 radical (unpaired) electrons. The Labute approximate surface area is 229 Å². The number of ether oxygens (including phenoxy) is 3. The van der Waals surface area contributed by atoms with Gasteiger partial charge in [-0.3, -0.25) is 0 Å². The van der Waals surface area contributed by atoms with Crippen LogP contribution in [0.4, 0.5) is 0 Å². The Kier molecular flexibility index (Phi) is 11.3. The quantitative estimate of drug-likeness (QED) is 0.124. The first-order valence-corrected chi connectivity index (χ1v) is 15.0. The minimum Gasteiger partial charge on any atom is -0.497 e. The van der Waals surface area contributed by atoms with E-state index in [-0.39, 0.29) is 17.7 Å². The van der Waals surface area contributed by atoms with Gasteiger partial charge in [-0.25, -0.2) is 0 Å². The first kappa shape index (κ1) is 29.8. The average molecular weight is 535 g/mol. The van der Waals surface area contributed by atoms with Crippen molar-refractivity contribution in [1.29, 1.82) is 0 Å². The minimum atomic E-state index is -2.72. The van der Waals surface area contributed by atoms with Crippen molar-refractivity contribution in [1.82, 2.24) is 0 Å². The van der Waals surface area contributed by atoms with Crippen LogP contribution in [0.3, 0.4) is 0 Å². The molecule has 0 amide bonds. The van der Waals surface area contributed by atoms with E-state index in [0.29, 0.717) is 26.2 Å². The third kappa shape index (κ3) is 7.65. The van der Waals surface area contributed by atoms with Crippen molar-refractivity contribution in [2.45, 2.75) is 44.9 Å².